The summed E-state index contributed by atoms with van der Waals surface area (Å²) in [6.45, 7) is -0.119. The van der Waals surface area contributed by atoms with Crippen LogP contribution in [0.3, 0.4) is 0 Å². The average molecular weight is 488 g/mol. The maximum atomic E-state index is 12.9. The molecule has 12 heteroatoms. The molecule has 35 heavy (non-hydrogen) atoms. The van der Waals surface area contributed by atoms with Crippen LogP contribution in [0.5, 0.6) is 5.88 Å². The van der Waals surface area contributed by atoms with Gasteiger partial charge in [-0.2, -0.15) is 9.97 Å². The largest absolute Gasteiger partial charge is 0.480 e. The van der Waals surface area contributed by atoms with E-state index < -0.39 is 13.0 Å². The summed E-state index contributed by atoms with van der Waals surface area (Å²) in [5, 5.41) is 20.8. The van der Waals surface area contributed by atoms with Gasteiger partial charge in [0.1, 0.15) is 17.7 Å². The quantitative estimate of drug-likeness (QED) is 0.328. The molecule has 5 rings (SSSR count). The van der Waals surface area contributed by atoms with Crippen LogP contribution in [0.25, 0.3) is 33.2 Å². The van der Waals surface area contributed by atoms with E-state index in [1.54, 1.807) is 25.4 Å². The number of benzene rings is 1. The molecule has 3 N–H and O–H groups in total. The average Bonchev–Trinajstić information content (AvgIpc) is 3.46. The minimum absolute atomic E-state index is 0.0358. The smallest absolute Gasteiger partial charge is 0.258 e. The standard InChI is InChI=1S/C23H27F2N7O3/c1-34-22-20-16(13-2-7-17-18(10-13)32(31-30-17)12-19(24)25)11-26-21(20)28-23(29-22)27-14-3-5-15(6-4-14)35-9-8-33/h2,7,10-11,14-15,19,33H,3-6,8-9,12H2,1H3,(H2,26,27,28,29)/t14-,15-. The molecule has 0 unspecified atom stereocenters. The van der Waals surface area contributed by atoms with Crippen LogP contribution in [-0.2, 0) is 11.3 Å². The number of rotatable bonds is 9. The van der Waals surface area contributed by atoms with Crippen molar-refractivity contribution in [1.29, 1.82) is 0 Å². The predicted octanol–water partition coefficient (Wildman–Crippen LogP) is 3.38. The van der Waals surface area contributed by atoms with Crippen molar-refractivity contribution in [3.63, 3.8) is 0 Å². The number of H-pyrrole nitrogens is 1. The van der Waals surface area contributed by atoms with Crippen molar-refractivity contribution in [3.8, 4) is 17.0 Å². The van der Waals surface area contributed by atoms with Crippen molar-refractivity contribution in [1.82, 2.24) is 29.9 Å². The Bertz CT molecular complexity index is 1300. The third-order valence-corrected chi connectivity index (χ3v) is 6.28. The van der Waals surface area contributed by atoms with Gasteiger partial charge in [-0.1, -0.05) is 11.3 Å². The van der Waals surface area contributed by atoms with E-state index in [4.69, 9.17) is 14.6 Å². The topological polar surface area (TPSA) is 123 Å². The second-order valence-electron chi connectivity index (χ2n) is 8.56. The first-order valence-electron chi connectivity index (χ1n) is 11.6. The molecule has 1 saturated carbocycles. The highest BCUT2D eigenvalue weighted by molar-refractivity contribution is 5.99. The number of hydrogen-bond acceptors (Lipinski definition) is 8. The van der Waals surface area contributed by atoms with Gasteiger partial charge in [-0.25, -0.2) is 13.5 Å². The second kappa shape index (κ2) is 10.1. The van der Waals surface area contributed by atoms with Gasteiger partial charge in [-0.15, -0.1) is 5.10 Å². The second-order valence-corrected chi connectivity index (χ2v) is 8.56. The molecule has 0 radical (unpaired) electrons. The number of alkyl halides is 2. The molecule has 10 nitrogen and oxygen atoms in total. The van der Waals surface area contributed by atoms with Gasteiger partial charge in [0.2, 0.25) is 11.8 Å². The lowest BCUT2D eigenvalue weighted by atomic mass is 9.93. The molecule has 0 atom stereocenters. The molecule has 0 amide bonds. The Morgan fingerprint density at radius 1 is 1.23 bits per heavy atom. The molecular formula is C23H27F2N7O3. The number of methoxy groups -OCH3 is 1. The monoisotopic (exact) mass is 487 g/mol. The van der Waals surface area contributed by atoms with Gasteiger partial charge in [0.15, 0.2) is 0 Å². The molecular weight excluding hydrogens is 460 g/mol. The van der Waals surface area contributed by atoms with Crippen molar-refractivity contribution >= 4 is 28.0 Å². The highest BCUT2D eigenvalue weighted by Gasteiger charge is 2.23. The number of fused-ring (bicyclic) bond motifs is 2. The number of anilines is 1. The van der Waals surface area contributed by atoms with Crippen molar-refractivity contribution in [2.45, 2.75) is 50.8 Å². The molecule has 3 aromatic heterocycles. The first-order valence-corrected chi connectivity index (χ1v) is 11.6. The van der Waals surface area contributed by atoms with E-state index in [9.17, 15) is 8.78 Å². The molecule has 186 valence electrons. The fourth-order valence-corrected chi connectivity index (χ4v) is 4.61. The highest BCUT2D eigenvalue weighted by Crippen LogP contribution is 2.35. The summed E-state index contributed by atoms with van der Waals surface area (Å²) in [6, 6.07) is 5.60. The Hall–Kier alpha value is -3.38. The molecule has 4 aromatic rings. The van der Waals surface area contributed by atoms with E-state index in [0.29, 0.717) is 40.5 Å². The number of aliphatic hydroxyl groups excluding tert-OH is 1. The van der Waals surface area contributed by atoms with E-state index in [0.717, 1.165) is 36.8 Å². The van der Waals surface area contributed by atoms with Crippen LogP contribution in [0.15, 0.2) is 24.4 Å². The van der Waals surface area contributed by atoms with Gasteiger partial charge in [-0.05, 0) is 43.4 Å². The summed E-state index contributed by atoms with van der Waals surface area (Å²) in [5.74, 6) is 0.880. The molecule has 1 aliphatic rings. The highest BCUT2D eigenvalue weighted by atomic mass is 19.3. The van der Waals surface area contributed by atoms with Crippen LogP contribution in [0, 0.1) is 0 Å². The Morgan fingerprint density at radius 2 is 2.06 bits per heavy atom. The summed E-state index contributed by atoms with van der Waals surface area (Å²) in [5.41, 5.74) is 3.24. The van der Waals surface area contributed by atoms with E-state index in [1.807, 2.05) is 6.07 Å². The predicted molar refractivity (Wildman–Crippen MR) is 126 cm³/mol. The maximum Gasteiger partial charge on any atom is 0.258 e. The number of ether oxygens (including phenoxy) is 2. The molecule has 0 saturated heterocycles. The fraction of sp³-hybridized carbons (Fsp3) is 0.478. The third kappa shape index (κ3) is 4.89. The first kappa shape index (κ1) is 23.4. The Kier molecular flexibility index (Phi) is 6.73. The van der Waals surface area contributed by atoms with Crippen LogP contribution in [0.1, 0.15) is 25.7 Å². The van der Waals surface area contributed by atoms with Gasteiger partial charge >= 0.3 is 0 Å². The minimum Gasteiger partial charge on any atom is -0.480 e. The Balaban J connectivity index is 1.40. The van der Waals surface area contributed by atoms with Crippen LogP contribution in [0.4, 0.5) is 14.7 Å². The zero-order valence-electron chi connectivity index (χ0n) is 19.2. The summed E-state index contributed by atoms with van der Waals surface area (Å²) in [6.07, 6.45) is 3.09. The molecule has 0 aliphatic heterocycles. The Labute approximate surface area is 199 Å². The first-order chi connectivity index (χ1) is 17.1. The number of hydrogen-bond donors (Lipinski definition) is 3. The van der Waals surface area contributed by atoms with E-state index >= 15 is 0 Å². The molecule has 1 aliphatic carbocycles. The third-order valence-electron chi connectivity index (χ3n) is 6.28. The van der Waals surface area contributed by atoms with Crippen LogP contribution in [-0.4, -0.2) is 73.9 Å². The number of aliphatic hydroxyl groups is 1. The summed E-state index contributed by atoms with van der Waals surface area (Å²) < 4.78 is 38.3. The zero-order valence-corrected chi connectivity index (χ0v) is 19.2. The number of aromatic amines is 1. The van der Waals surface area contributed by atoms with Crippen molar-refractivity contribution in [2.75, 3.05) is 25.6 Å². The van der Waals surface area contributed by atoms with Crippen LogP contribution in [0.2, 0.25) is 0 Å². The fourth-order valence-electron chi connectivity index (χ4n) is 4.61. The van der Waals surface area contributed by atoms with E-state index in [2.05, 4.69) is 30.6 Å². The van der Waals surface area contributed by atoms with Crippen molar-refractivity contribution in [2.24, 2.45) is 0 Å². The van der Waals surface area contributed by atoms with Crippen LogP contribution >= 0.6 is 0 Å². The molecule has 0 bridgehead atoms. The zero-order chi connectivity index (χ0) is 24.4. The number of aromatic nitrogens is 6. The van der Waals surface area contributed by atoms with E-state index in [1.165, 1.54) is 4.68 Å². The van der Waals surface area contributed by atoms with Gasteiger partial charge in [-0.3, -0.25) is 0 Å². The summed E-state index contributed by atoms with van der Waals surface area (Å²) >= 11 is 0. The van der Waals surface area contributed by atoms with Gasteiger partial charge in [0, 0.05) is 17.8 Å². The number of nitrogens with one attached hydrogen (secondary N) is 2. The molecule has 1 aromatic carbocycles. The van der Waals surface area contributed by atoms with Gasteiger partial charge in [0.05, 0.1) is 37.3 Å². The van der Waals surface area contributed by atoms with Gasteiger partial charge in [0.25, 0.3) is 6.43 Å². The maximum absolute atomic E-state index is 12.9. The molecule has 3 heterocycles. The summed E-state index contributed by atoms with van der Waals surface area (Å²) in [4.78, 5) is 12.4. The Morgan fingerprint density at radius 3 is 2.80 bits per heavy atom. The minimum atomic E-state index is -2.53. The molecule has 1 fully saturated rings. The SMILES string of the molecule is COc1nc(N[C@H]2CC[C@H](OCCO)CC2)nc2[nH]cc(-c3ccc4nnn(CC(F)F)c4c3)c12. The van der Waals surface area contributed by atoms with Crippen molar-refractivity contribution in [3.05, 3.63) is 24.4 Å². The summed E-state index contributed by atoms with van der Waals surface area (Å²) in [7, 11) is 1.55. The molecule has 0 spiro atoms. The lowest BCUT2D eigenvalue weighted by Gasteiger charge is -2.29. The lowest BCUT2D eigenvalue weighted by molar-refractivity contribution is 0.00719. The lowest BCUT2D eigenvalue weighted by Crippen LogP contribution is -2.30. The number of halogens is 2. The van der Waals surface area contributed by atoms with Gasteiger partial charge < -0.3 is 24.9 Å². The normalized spacial score (nSPS) is 18.5. The van der Waals surface area contributed by atoms with E-state index in [-0.39, 0.29) is 18.8 Å². The number of nitrogens with zero attached hydrogens (tertiary/aromatic N) is 5. The van der Waals surface area contributed by atoms with Crippen LogP contribution < -0.4 is 10.1 Å². The van der Waals surface area contributed by atoms with Crippen molar-refractivity contribution < 1.29 is 23.4 Å².